The topological polar surface area (TPSA) is 77.8 Å². The van der Waals surface area contributed by atoms with Crippen LogP contribution < -0.4 is 0 Å². The molecule has 0 saturated heterocycles. The van der Waals surface area contributed by atoms with E-state index in [1.165, 1.54) is 77.0 Å². The van der Waals surface area contributed by atoms with Crippen LogP contribution in [0.1, 0.15) is 96.8 Å². The summed E-state index contributed by atoms with van der Waals surface area (Å²) in [6.07, 6.45) is 22.2. The van der Waals surface area contributed by atoms with E-state index in [0.717, 1.165) is 12.8 Å². The third-order valence-corrected chi connectivity index (χ3v) is 5.76. The molecule has 3 N–H and O–H groups in total. The number of hydrogen-bond acceptors (Lipinski definition) is 3. The average Bonchev–Trinajstić information content (AvgIpc) is 2.67. The van der Waals surface area contributed by atoms with Gasteiger partial charge in [0.1, 0.15) is 13.1 Å². The largest absolute Gasteiger partial charge is 0.477 e. The third-order valence-electron chi connectivity index (χ3n) is 5.76. The van der Waals surface area contributed by atoms with Gasteiger partial charge < -0.3 is 19.8 Å². The second-order valence-corrected chi connectivity index (χ2v) is 8.45. The maximum Gasteiger partial charge on any atom is 0.359 e. The number of carboxylic acid groups (broad SMARTS) is 1. The standard InChI is InChI=1S/C24H47NO4/c1-2-3-4-5-6-7-8-9-10-11-12-13-14-15-16-17-18-25(19-21-26,20-22-27)23-24(28)29/h9-10,26-27H,2-8,11-23H2,1H3/p+1/b10-9-. The molecule has 0 heterocycles. The summed E-state index contributed by atoms with van der Waals surface area (Å²) in [4.78, 5) is 11.2. The van der Waals surface area contributed by atoms with Crippen LogP contribution in [-0.2, 0) is 4.79 Å². The summed E-state index contributed by atoms with van der Waals surface area (Å²) in [5.41, 5.74) is 0. The minimum atomic E-state index is -0.864. The summed E-state index contributed by atoms with van der Waals surface area (Å²) in [5.74, 6) is -0.864. The fourth-order valence-electron chi connectivity index (χ4n) is 3.98. The van der Waals surface area contributed by atoms with Crippen LogP contribution in [0.25, 0.3) is 0 Å². The van der Waals surface area contributed by atoms with Crippen molar-refractivity contribution in [1.82, 2.24) is 0 Å². The van der Waals surface area contributed by atoms with Crippen molar-refractivity contribution in [1.29, 1.82) is 0 Å². The van der Waals surface area contributed by atoms with Crippen LogP contribution in [0, 0.1) is 0 Å². The number of nitrogens with zero attached hydrogens (tertiary/aromatic N) is 1. The summed E-state index contributed by atoms with van der Waals surface area (Å²) < 4.78 is 0.283. The van der Waals surface area contributed by atoms with Gasteiger partial charge in [-0.25, -0.2) is 4.79 Å². The van der Waals surface area contributed by atoms with Crippen LogP contribution in [0.15, 0.2) is 12.2 Å². The second-order valence-electron chi connectivity index (χ2n) is 8.45. The predicted molar refractivity (Wildman–Crippen MR) is 121 cm³/mol. The molecule has 0 aromatic rings. The first-order valence-electron chi connectivity index (χ1n) is 12.0. The van der Waals surface area contributed by atoms with Crippen molar-refractivity contribution in [2.24, 2.45) is 0 Å². The Morgan fingerprint density at radius 3 is 1.59 bits per heavy atom. The van der Waals surface area contributed by atoms with Crippen molar-refractivity contribution in [2.75, 3.05) is 39.4 Å². The van der Waals surface area contributed by atoms with E-state index in [2.05, 4.69) is 19.1 Å². The number of carbonyl (C=O) groups is 1. The number of aliphatic hydroxyl groups excluding tert-OH is 2. The van der Waals surface area contributed by atoms with E-state index >= 15 is 0 Å². The minimum absolute atomic E-state index is 0.0216. The first kappa shape index (κ1) is 28.1. The highest BCUT2D eigenvalue weighted by Gasteiger charge is 2.29. The Morgan fingerprint density at radius 2 is 1.14 bits per heavy atom. The first-order valence-corrected chi connectivity index (χ1v) is 12.0. The Morgan fingerprint density at radius 1 is 0.690 bits per heavy atom. The smallest absolute Gasteiger partial charge is 0.359 e. The van der Waals surface area contributed by atoms with Crippen LogP contribution in [0.3, 0.4) is 0 Å². The maximum absolute atomic E-state index is 11.2. The highest BCUT2D eigenvalue weighted by molar-refractivity contribution is 5.67. The zero-order valence-electron chi connectivity index (χ0n) is 19.0. The molecule has 0 aliphatic heterocycles. The fourth-order valence-corrected chi connectivity index (χ4v) is 3.98. The summed E-state index contributed by atoms with van der Waals surface area (Å²) in [5, 5.41) is 27.7. The molecule has 0 aliphatic carbocycles. The number of unbranched alkanes of at least 4 members (excludes halogenated alkanes) is 12. The van der Waals surface area contributed by atoms with E-state index in [1.54, 1.807) is 0 Å². The van der Waals surface area contributed by atoms with Gasteiger partial charge in [-0.15, -0.1) is 0 Å². The molecule has 0 aliphatic rings. The Bertz CT molecular complexity index is 392. The van der Waals surface area contributed by atoms with Crippen molar-refractivity contribution in [3.63, 3.8) is 0 Å². The quantitative estimate of drug-likeness (QED) is 0.134. The van der Waals surface area contributed by atoms with Gasteiger partial charge in [0.25, 0.3) is 0 Å². The molecule has 0 amide bonds. The average molecular weight is 415 g/mol. The summed E-state index contributed by atoms with van der Waals surface area (Å²) in [6, 6.07) is 0. The first-order chi connectivity index (χ1) is 14.1. The van der Waals surface area contributed by atoms with Gasteiger partial charge >= 0.3 is 5.97 Å². The number of rotatable bonds is 22. The van der Waals surface area contributed by atoms with Crippen molar-refractivity contribution in [3.8, 4) is 0 Å². The van der Waals surface area contributed by atoms with E-state index < -0.39 is 5.97 Å². The molecule has 0 fully saturated rings. The number of carboxylic acids is 1. The van der Waals surface area contributed by atoms with Crippen molar-refractivity contribution in [2.45, 2.75) is 96.8 Å². The van der Waals surface area contributed by atoms with Crippen molar-refractivity contribution < 1.29 is 24.6 Å². The van der Waals surface area contributed by atoms with Gasteiger partial charge in [-0.05, 0) is 38.5 Å². The zero-order valence-corrected chi connectivity index (χ0v) is 19.0. The zero-order chi connectivity index (χ0) is 21.6. The Hall–Kier alpha value is -0.910. The lowest BCUT2D eigenvalue weighted by atomic mass is 10.1. The van der Waals surface area contributed by atoms with Gasteiger partial charge in [0.05, 0.1) is 19.8 Å². The Balaban J connectivity index is 3.67. The van der Waals surface area contributed by atoms with Gasteiger partial charge in [-0.3, -0.25) is 0 Å². The van der Waals surface area contributed by atoms with Crippen LogP contribution in [0.4, 0.5) is 0 Å². The molecular weight excluding hydrogens is 366 g/mol. The minimum Gasteiger partial charge on any atom is -0.477 e. The highest BCUT2D eigenvalue weighted by Crippen LogP contribution is 2.13. The normalized spacial score (nSPS) is 12.1. The van der Waals surface area contributed by atoms with Crippen LogP contribution >= 0.6 is 0 Å². The number of aliphatic hydroxyl groups is 2. The van der Waals surface area contributed by atoms with E-state index in [1.807, 2.05) is 0 Å². The molecule has 0 spiro atoms. The van der Waals surface area contributed by atoms with Gasteiger partial charge in [0, 0.05) is 0 Å². The monoisotopic (exact) mass is 414 g/mol. The molecule has 0 aromatic carbocycles. The SMILES string of the molecule is CCCCCCCC/C=C\CCCCCCCC[N+](CCO)(CCO)CC(=O)O. The van der Waals surface area contributed by atoms with Gasteiger partial charge in [-0.2, -0.15) is 0 Å². The fraction of sp³-hybridized carbons (Fsp3) is 0.875. The lowest BCUT2D eigenvalue weighted by Gasteiger charge is -2.36. The summed E-state index contributed by atoms with van der Waals surface area (Å²) in [7, 11) is 0. The molecule has 0 aromatic heterocycles. The maximum atomic E-state index is 11.2. The Kier molecular flexibility index (Phi) is 19.7. The Labute approximate surface area is 179 Å². The van der Waals surface area contributed by atoms with Crippen molar-refractivity contribution >= 4 is 5.97 Å². The third kappa shape index (κ3) is 17.6. The van der Waals surface area contributed by atoms with E-state index in [0.29, 0.717) is 19.6 Å². The summed E-state index contributed by atoms with van der Waals surface area (Å²) in [6.45, 7) is 3.67. The van der Waals surface area contributed by atoms with Crippen LogP contribution in [0.2, 0.25) is 0 Å². The molecule has 5 nitrogen and oxygen atoms in total. The lowest BCUT2D eigenvalue weighted by molar-refractivity contribution is -0.922. The van der Waals surface area contributed by atoms with Crippen LogP contribution in [-0.4, -0.2) is 65.2 Å². The molecule has 0 atom stereocenters. The van der Waals surface area contributed by atoms with Gasteiger partial charge in [0.15, 0.2) is 6.54 Å². The molecule has 0 radical (unpaired) electrons. The molecule has 5 heteroatoms. The molecule has 172 valence electrons. The van der Waals surface area contributed by atoms with E-state index in [-0.39, 0.29) is 24.2 Å². The molecule has 29 heavy (non-hydrogen) atoms. The molecule has 0 bridgehead atoms. The second kappa shape index (κ2) is 20.4. The van der Waals surface area contributed by atoms with E-state index in [4.69, 9.17) is 5.11 Å². The number of allylic oxidation sites excluding steroid dienone is 2. The van der Waals surface area contributed by atoms with Crippen molar-refractivity contribution in [3.05, 3.63) is 12.2 Å². The summed E-state index contributed by atoms with van der Waals surface area (Å²) >= 11 is 0. The number of quaternary nitrogens is 1. The van der Waals surface area contributed by atoms with E-state index in [9.17, 15) is 15.0 Å². The number of hydrogen-bond donors (Lipinski definition) is 3. The molecule has 0 unspecified atom stereocenters. The van der Waals surface area contributed by atoms with Gasteiger partial charge in [0.2, 0.25) is 0 Å². The lowest BCUT2D eigenvalue weighted by Crippen LogP contribution is -2.55. The van der Waals surface area contributed by atoms with Gasteiger partial charge in [-0.1, -0.05) is 70.4 Å². The molecular formula is C24H48NO4+. The number of aliphatic carboxylic acids is 1. The highest BCUT2D eigenvalue weighted by atomic mass is 16.4. The molecule has 0 saturated carbocycles. The van der Waals surface area contributed by atoms with Crippen LogP contribution in [0.5, 0.6) is 0 Å². The predicted octanol–water partition coefficient (Wildman–Crippen LogP) is 4.91. The molecule has 0 rings (SSSR count).